The van der Waals surface area contributed by atoms with Gasteiger partial charge in [-0.1, -0.05) is 6.07 Å². The first-order chi connectivity index (χ1) is 9.16. The molecule has 0 saturated heterocycles. The van der Waals surface area contributed by atoms with Gasteiger partial charge in [0.15, 0.2) is 0 Å². The molecule has 1 N–H and O–H groups in total. The van der Waals surface area contributed by atoms with Gasteiger partial charge in [0.05, 0.1) is 5.56 Å². The molecule has 0 atom stereocenters. The highest BCUT2D eigenvalue weighted by atomic mass is 16.4. The van der Waals surface area contributed by atoms with Crippen LogP contribution in [0.1, 0.15) is 16.1 Å². The lowest BCUT2D eigenvalue weighted by atomic mass is 10.2. The Labute approximate surface area is 111 Å². The summed E-state index contributed by atoms with van der Waals surface area (Å²) in [6, 6.07) is 9.10. The van der Waals surface area contributed by atoms with E-state index in [1.165, 1.54) is 6.20 Å². The van der Waals surface area contributed by atoms with E-state index in [9.17, 15) is 4.79 Å². The summed E-state index contributed by atoms with van der Waals surface area (Å²) in [5.74, 6) is -0.212. The molecule has 0 unspecified atom stereocenters. The van der Waals surface area contributed by atoms with Crippen molar-refractivity contribution in [3.8, 4) is 0 Å². The minimum Gasteiger partial charge on any atom is -0.478 e. The fourth-order valence-electron chi connectivity index (χ4n) is 1.68. The zero-order valence-corrected chi connectivity index (χ0v) is 10.7. The van der Waals surface area contributed by atoms with E-state index in [0.29, 0.717) is 0 Å². The Balaban J connectivity index is 1.96. The maximum absolute atomic E-state index is 10.7. The van der Waals surface area contributed by atoms with Crippen LogP contribution in [0, 0.1) is 0 Å². The van der Waals surface area contributed by atoms with E-state index in [-0.39, 0.29) is 5.56 Å². The number of hydrogen-bond acceptors (Lipinski definition) is 4. The molecule has 2 aromatic heterocycles. The molecule has 2 heterocycles. The molecule has 19 heavy (non-hydrogen) atoms. The van der Waals surface area contributed by atoms with Crippen LogP contribution in [0.2, 0.25) is 0 Å². The Morgan fingerprint density at radius 1 is 1.26 bits per heavy atom. The third-order valence-electron chi connectivity index (χ3n) is 2.82. The van der Waals surface area contributed by atoms with Gasteiger partial charge in [-0.05, 0) is 24.3 Å². The van der Waals surface area contributed by atoms with Crippen molar-refractivity contribution >= 4 is 11.8 Å². The lowest BCUT2D eigenvalue weighted by Gasteiger charge is -2.17. The smallest absolute Gasteiger partial charge is 0.337 e. The van der Waals surface area contributed by atoms with Gasteiger partial charge in [-0.2, -0.15) is 0 Å². The number of hydrogen-bond donors (Lipinski definition) is 1. The number of carbonyl (C=O) groups is 1. The highest BCUT2D eigenvalue weighted by molar-refractivity contribution is 5.87. The van der Waals surface area contributed by atoms with Crippen LogP contribution in [0.15, 0.2) is 42.7 Å². The van der Waals surface area contributed by atoms with E-state index in [1.807, 2.05) is 30.1 Å². The van der Waals surface area contributed by atoms with Crippen molar-refractivity contribution in [2.45, 2.75) is 6.42 Å². The predicted octanol–water partition coefficient (Wildman–Crippen LogP) is 1.85. The maximum Gasteiger partial charge on any atom is 0.337 e. The molecule has 98 valence electrons. The molecule has 0 aliphatic heterocycles. The van der Waals surface area contributed by atoms with Crippen molar-refractivity contribution in [3.05, 3.63) is 54.0 Å². The van der Waals surface area contributed by atoms with E-state index >= 15 is 0 Å². The highest BCUT2D eigenvalue weighted by Crippen LogP contribution is 2.10. The molecule has 0 aliphatic carbocycles. The fraction of sp³-hybridized carbons (Fsp3) is 0.214. The van der Waals surface area contributed by atoms with Gasteiger partial charge in [0.25, 0.3) is 0 Å². The van der Waals surface area contributed by atoms with Crippen molar-refractivity contribution < 1.29 is 9.90 Å². The number of likely N-dealkylation sites (N-methyl/N-ethyl adjacent to an activating group) is 1. The van der Waals surface area contributed by atoms with Crippen molar-refractivity contribution in [1.82, 2.24) is 9.97 Å². The monoisotopic (exact) mass is 257 g/mol. The van der Waals surface area contributed by atoms with Gasteiger partial charge in [-0.3, -0.25) is 4.98 Å². The Morgan fingerprint density at radius 3 is 2.68 bits per heavy atom. The normalized spacial score (nSPS) is 10.2. The predicted molar refractivity (Wildman–Crippen MR) is 72.4 cm³/mol. The van der Waals surface area contributed by atoms with Crippen LogP contribution in [0.25, 0.3) is 0 Å². The molecule has 5 nitrogen and oxygen atoms in total. The Bertz CT molecular complexity index is 540. The third-order valence-corrected chi connectivity index (χ3v) is 2.82. The lowest BCUT2D eigenvalue weighted by Crippen LogP contribution is -2.21. The number of aromatic carboxylic acids is 1. The Kier molecular flexibility index (Phi) is 4.07. The molecular formula is C14H15N3O2. The van der Waals surface area contributed by atoms with E-state index in [0.717, 1.165) is 24.5 Å². The minimum absolute atomic E-state index is 0.196. The first kappa shape index (κ1) is 13.0. The van der Waals surface area contributed by atoms with Gasteiger partial charge in [0.1, 0.15) is 5.82 Å². The van der Waals surface area contributed by atoms with Crippen molar-refractivity contribution in [2.75, 3.05) is 18.5 Å². The molecule has 5 heteroatoms. The van der Waals surface area contributed by atoms with Crippen molar-refractivity contribution in [3.63, 3.8) is 0 Å². The second-order valence-corrected chi connectivity index (χ2v) is 4.20. The molecule has 0 aromatic carbocycles. The SMILES string of the molecule is CN(CCc1ccccn1)c1ccc(C(=O)O)cn1. The highest BCUT2D eigenvalue weighted by Gasteiger charge is 2.06. The van der Waals surface area contributed by atoms with E-state index in [4.69, 9.17) is 5.11 Å². The van der Waals surface area contributed by atoms with Gasteiger partial charge in [-0.25, -0.2) is 9.78 Å². The topological polar surface area (TPSA) is 66.3 Å². The molecule has 0 radical (unpaired) electrons. The van der Waals surface area contributed by atoms with Crippen LogP contribution < -0.4 is 4.90 Å². The lowest BCUT2D eigenvalue weighted by molar-refractivity contribution is 0.0696. The summed E-state index contributed by atoms with van der Waals surface area (Å²) in [7, 11) is 1.92. The Morgan fingerprint density at radius 2 is 2.11 bits per heavy atom. The standard InChI is InChI=1S/C14H15N3O2/c1-17(9-7-12-4-2-3-8-15-12)13-6-5-11(10-16-13)14(18)19/h2-6,8,10H,7,9H2,1H3,(H,18,19). The van der Waals surface area contributed by atoms with Crippen LogP contribution in [0.5, 0.6) is 0 Å². The van der Waals surface area contributed by atoms with Crippen LogP contribution in [-0.2, 0) is 6.42 Å². The van der Waals surface area contributed by atoms with Gasteiger partial charge in [-0.15, -0.1) is 0 Å². The number of pyridine rings is 2. The van der Waals surface area contributed by atoms with Gasteiger partial charge >= 0.3 is 5.97 Å². The van der Waals surface area contributed by atoms with E-state index in [2.05, 4.69) is 9.97 Å². The third kappa shape index (κ3) is 3.51. The average molecular weight is 257 g/mol. The molecule has 2 rings (SSSR count). The zero-order valence-electron chi connectivity index (χ0n) is 10.7. The Hall–Kier alpha value is -2.43. The summed E-state index contributed by atoms with van der Waals surface area (Å²) in [5, 5.41) is 8.80. The number of carboxylic acid groups (broad SMARTS) is 1. The number of aromatic nitrogens is 2. The van der Waals surface area contributed by atoms with Crippen LogP contribution >= 0.6 is 0 Å². The van der Waals surface area contributed by atoms with E-state index < -0.39 is 5.97 Å². The van der Waals surface area contributed by atoms with Crippen LogP contribution in [0.4, 0.5) is 5.82 Å². The molecule has 2 aromatic rings. The second-order valence-electron chi connectivity index (χ2n) is 4.20. The molecule has 0 amide bonds. The summed E-state index contributed by atoms with van der Waals surface area (Å²) in [6.07, 6.45) is 3.96. The maximum atomic E-state index is 10.7. The summed E-state index contributed by atoms with van der Waals surface area (Å²) < 4.78 is 0. The molecule has 0 aliphatic rings. The van der Waals surface area contributed by atoms with Crippen molar-refractivity contribution in [2.24, 2.45) is 0 Å². The number of nitrogens with zero attached hydrogens (tertiary/aromatic N) is 3. The summed E-state index contributed by atoms with van der Waals surface area (Å²) >= 11 is 0. The summed E-state index contributed by atoms with van der Waals surface area (Å²) in [5.41, 5.74) is 1.22. The minimum atomic E-state index is -0.963. The fourth-order valence-corrected chi connectivity index (χ4v) is 1.68. The van der Waals surface area contributed by atoms with Gasteiger partial charge in [0, 0.05) is 38.1 Å². The largest absolute Gasteiger partial charge is 0.478 e. The zero-order chi connectivity index (χ0) is 13.7. The second kappa shape index (κ2) is 5.95. The summed E-state index contributed by atoms with van der Waals surface area (Å²) in [4.78, 5) is 21.1. The summed E-state index contributed by atoms with van der Waals surface area (Å²) in [6.45, 7) is 0.774. The van der Waals surface area contributed by atoms with Crippen molar-refractivity contribution in [1.29, 1.82) is 0 Å². The quantitative estimate of drug-likeness (QED) is 0.885. The molecule has 0 spiro atoms. The van der Waals surface area contributed by atoms with Gasteiger partial charge in [0.2, 0.25) is 0 Å². The first-order valence-electron chi connectivity index (χ1n) is 5.97. The number of carboxylic acids is 1. The van der Waals surface area contributed by atoms with Crippen LogP contribution in [0.3, 0.4) is 0 Å². The van der Waals surface area contributed by atoms with Gasteiger partial charge < -0.3 is 10.0 Å². The number of anilines is 1. The molecular weight excluding hydrogens is 242 g/mol. The molecule has 0 saturated carbocycles. The van der Waals surface area contributed by atoms with E-state index in [1.54, 1.807) is 18.3 Å². The first-order valence-corrected chi connectivity index (χ1v) is 5.97. The number of rotatable bonds is 5. The molecule has 0 bridgehead atoms. The van der Waals surface area contributed by atoms with Crippen LogP contribution in [-0.4, -0.2) is 34.6 Å². The molecule has 0 fully saturated rings. The average Bonchev–Trinajstić information content (AvgIpc) is 2.46.